The Morgan fingerprint density at radius 1 is 1.22 bits per heavy atom. The van der Waals surface area contributed by atoms with Crippen molar-refractivity contribution in [3.05, 3.63) is 45.6 Å². The number of benzene rings is 1. The van der Waals surface area contributed by atoms with E-state index >= 15 is 0 Å². The number of carbonyl (C=O) groups is 1. The highest BCUT2D eigenvalue weighted by Gasteiger charge is 2.14. The molecule has 0 spiro atoms. The Bertz CT molecular complexity index is 890. The minimum Gasteiger partial charge on any atom is -0.465 e. The smallest absolute Gasteiger partial charge is 0.337 e. The van der Waals surface area contributed by atoms with Gasteiger partial charge in [0.05, 0.1) is 18.1 Å². The van der Waals surface area contributed by atoms with Gasteiger partial charge in [0, 0.05) is 10.6 Å². The van der Waals surface area contributed by atoms with Crippen molar-refractivity contribution in [1.82, 2.24) is 9.97 Å². The lowest BCUT2D eigenvalue weighted by molar-refractivity contribution is 0.0601. The van der Waals surface area contributed by atoms with E-state index in [9.17, 15) is 4.79 Å². The molecule has 5 nitrogen and oxygen atoms in total. The van der Waals surface area contributed by atoms with Crippen molar-refractivity contribution in [2.45, 2.75) is 13.8 Å². The van der Waals surface area contributed by atoms with Crippen LogP contribution >= 0.6 is 22.9 Å². The van der Waals surface area contributed by atoms with Crippen LogP contribution in [0.3, 0.4) is 0 Å². The second kappa shape index (κ2) is 6.14. The first-order chi connectivity index (χ1) is 11.0. The molecule has 0 fully saturated rings. The number of carbonyl (C=O) groups excluding carboxylic acids is 1. The van der Waals surface area contributed by atoms with Gasteiger partial charge in [-0.1, -0.05) is 0 Å². The minimum atomic E-state index is -0.367. The number of aromatic nitrogens is 2. The second-order valence-corrected chi connectivity index (χ2v) is 6.54. The van der Waals surface area contributed by atoms with E-state index in [1.807, 2.05) is 13.8 Å². The summed E-state index contributed by atoms with van der Waals surface area (Å²) in [6, 6.07) is 6.98. The molecule has 0 amide bonds. The van der Waals surface area contributed by atoms with Gasteiger partial charge < -0.3 is 10.1 Å². The molecule has 0 aliphatic carbocycles. The van der Waals surface area contributed by atoms with Gasteiger partial charge in [0.1, 0.15) is 10.6 Å². The van der Waals surface area contributed by atoms with Gasteiger partial charge in [0.2, 0.25) is 5.28 Å². The molecule has 118 valence electrons. The fraction of sp³-hybridized carbons (Fsp3) is 0.188. The van der Waals surface area contributed by atoms with Crippen molar-refractivity contribution in [1.29, 1.82) is 0 Å². The molecule has 0 radical (unpaired) electrons. The van der Waals surface area contributed by atoms with Crippen LogP contribution in [-0.2, 0) is 4.74 Å². The van der Waals surface area contributed by atoms with Gasteiger partial charge in [0.15, 0.2) is 0 Å². The number of ether oxygens (including phenoxy) is 1. The van der Waals surface area contributed by atoms with E-state index in [-0.39, 0.29) is 11.3 Å². The van der Waals surface area contributed by atoms with Crippen LogP contribution in [0.2, 0.25) is 5.28 Å². The summed E-state index contributed by atoms with van der Waals surface area (Å²) < 4.78 is 4.69. The lowest BCUT2D eigenvalue weighted by Crippen LogP contribution is -2.01. The zero-order valence-electron chi connectivity index (χ0n) is 12.8. The highest BCUT2D eigenvalue weighted by molar-refractivity contribution is 7.18. The first kappa shape index (κ1) is 15.7. The summed E-state index contributed by atoms with van der Waals surface area (Å²) in [5.74, 6) is 0.293. The van der Waals surface area contributed by atoms with Gasteiger partial charge in [0.25, 0.3) is 0 Å². The molecule has 1 aromatic carbocycles. The number of hydrogen-bond donors (Lipinski definition) is 1. The molecule has 0 aliphatic rings. The third kappa shape index (κ3) is 3.00. The summed E-state index contributed by atoms with van der Waals surface area (Å²) >= 11 is 7.61. The van der Waals surface area contributed by atoms with Crippen LogP contribution < -0.4 is 5.32 Å². The molecule has 7 heteroatoms. The van der Waals surface area contributed by atoms with Crippen LogP contribution in [0.15, 0.2) is 24.3 Å². The maximum absolute atomic E-state index is 11.5. The second-order valence-electron chi connectivity index (χ2n) is 5.00. The summed E-state index contributed by atoms with van der Waals surface area (Å²) in [4.78, 5) is 22.1. The largest absolute Gasteiger partial charge is 0.465 e. The van der Waals surface area contributed by atoms with Crippen molar-refractivity contribution < 1.29 is 9.53 Å². The van der Waals surface area contributed by atoms with E-state index in [0.717, 1.165) is 21.5 Å². The maximum Gasteiger partial charge on any atom is 0.337 e. The van der Waals surface area contributed by atoms with E-state index in [4.69, 9.17) is 16.3 Å². The van der Waals surface area contributed by atoms with E-state index in [2.05, 4.69) is 15.3 Å². The number of methoxy groups -OCH3 is 1. The number of aryl methyl sites for hydroxylation is 2. The molecular weight excluding hydrogens is 334 g/mol. The fourth-order valence-electron chi connectivity index (χ4n) is 2.26. The summed E-state index contributed by atoms with van der Waals surface area (Å²) in [5.41, 5.74) is 2.43. The van der Waals surface area contributed by atoms with Crippen LogP contribution in [0.25, 0.3) is 10.2 Å². The van der Waals surface area contributed by atoms with Crippen molar-refractivity contribution in [2.75, 3.05) is 12.4 Å². The Hall–Kier alpha value is -2.18. The normalized spacial score (nSPS) is 10.8. The number of thiophene rings is 1. The summed E-state index contributed by atoms with van der Waals surface area (Å²) in [7, 11) is 1.36. The van der Waals surface area contributed by atoms with Gasteiger partial charge in [-0.05, 0) is 55.3 Å². The third-order valence-electron chi connectivity index (χ3n) is 3.57. The van der Waals surface area contributed by atoms with E-state index in [1.54, 1.807) is 35.6 Å². The number of rotatable bonds is 3. The molecule has 0 saturated carbocycles. The quantitative estimate of drug-likeness (QED) is 0.558. The van der Waals surface area contributed by atoms with Crippen LogP contribution in [0.4, 0.5) is 11.5 Å². The van der Waals surface area contributed by atoms with E-state index < -0.39 is 0 Å². The molecule has 0 saturated heterocycles. The molecule has 3 aromatic rings. The van der Waals surface area contributed by atoms with Crippen LogP contribution in [-0.4, -0.2) is 23.0 Å². The Kier molecular flexibility index (Phi) is 4.19. The third-order valence-corrected chi connectivity index (χ3v) is 4.84. The summed E-state index contributed by atoms with van der Waals surface area (Å²) in [6.07, 6.45) is 0. The zero-order chi connectivity index (χ0) is 16.6. The highest BCUT2D eigenvalue weighted by Crippen LogP contribution is 2.35. The molecular formula is C16H14ClN3O2S. The average Bonchev–Trinajstić information content (AvgIpc) is 2.81. The van der Waals surface area contributed by atoms with Crippen molar-refractivity contribution in [3.8, 4) is 0 Å². The Morgan fingerprint density at radius 2 is 1.91 bits per heavy atom. The fourth-order valence-corrected chi connectivity index (χ4v) is 3.51. The Labute approximate surface area is 142 Å². The number of hydrogen-bond acceptors (Lipinski definition) is 6. The Morgan fingerprint density at radius 3 is 2.57 bits per heavy atom. The standard InChI is InChI=1S/C16H14ClN3O2S/c1-8-9(2)23-14-12(8)13(19-16(17)20-14)18-11-6-4-10(5-7-11)15(21)22-3/h4-7H,1-3H3,(H,18,19,20). The zero-order valence-corrected chi connectivity index (χ0v) is 14.4. The van der Waals surface area contributed by atoms with Crippen LogP contribution in [0.5, 0.6) is 0 Å². The van der Waals surface area contributed by atoms with Gasteiger partial charge in [-0.3, -0.25) is 0 Å². The molecule has 3 rings (SSSR count). The first-order valence-electron chi connectivity index (χ1n) is 6.88. The predicted octanol–water partition coefficient (Wildman–Crippen LogP) is 4.49. The molecule has 0 unspecified atom stereocenters. The lowest BCUT2D eigenvalue weighted by Gasteiger charge is -2.08. The van der Waals surface area contributed by atoms with Crippen LogP contribution in [0.1, 0.15) is 20.8 Å². The monoisotopic (exact) mass is 347 g/mol. The van der Waals surface area contributed by atoms with Crippen molar-refractivity contribution in [3.63, 3.8) is 0 Å². The number of nitrogens with one attached hydrogen (secondary N) is 1. The topological polar surface area (TPSA) is 64.1 Å². The van der Waals surface area contributed by atoms with Gasteiger partial charge in [-0.2, -0.15) is 4.98 Å². The van der Waals surface area contributed by atoms with E-state index in [1.165, 1.54) is 12.0 Å². The number of esters is 1. The number of halogens is 1. The van der Waals surface area contributed by atoms with Crippen molar-refractivity contribution >= 4 is 50.6 Å². The van der Waals surface area contributed by atoms with Crippen LogP contribution in [0, 0.1) is 13.8 Å². The molecule has 2 aromatic heterocycles. The van der Waals surface area contributed by atoms with Gasteiger partial charge in [-0.15, -0.1) is 11.3 Å². The number of anilines is 2. The Balaban J connectivity index is 1.99. The average molecular weight is 348 g/mol. The highest BCUT2D eigenvalue weighted by atomic mass is 35.5. The van der Waals surface area contributed by atoms with Crippen molar-refractivity contribution in [2.24, 2.45) is 0 Å². The SMILES string of the molecule is COC(=O)c1ccc(Nc2nc(Cl)nc3sc(C)c(C)c23)cc1. The van der Waals surface area contributed by atoms with Gasteiger partial charge in [-0.25, -0.2) is 9.78 Å². The van der Waals surface area contributed by atoms with Gasteiger partial charge >= 0.3 is 5.97 Å². The molecule has 0 bridgehead atoms. The number of fused-ring (bicyclic) bond motifs is 1. The first-order valence-corrected chi connectivity index (χ1v) is 8.07. The number of nitrogens with zero attached hydrogens (tertiary/aromatic N) is 2. The molecule has 1 N–H and O–H groups in total. The van der Waals surface area contributed by atoms with E-state index in [0.29, 0.717) is 11.4 Å². The molecule has 2 heterocycles. The molecule has 0 atom stereocenters. The predicted molar refractivity (Wildman–Crippen MR) is 93.0 cm³/mol. The minimum absolute atomic E-state index is 0.201. The maximum atomic E-state index is 11.5. The molecule has 0 aliphatic heterocycles. The summed E-state index contributed by atoms with van der Waals surface area (Å²) in [6.45, 7) is 4.08. The lowest BCUT2D eigenvalue weighted by atomic mass is 10.2. The summed E-state index contributed by atoms with van der Waals surface area (Å²) in [5, 5.41) is 4.41. The molecule has 23 heavy (non-hydrogen) atoms.